The van der Waals surface area contributed by atoms with Crippen molar-refractivity contribution in [3.8, 4) is 5.75 Å². The summed E-state index contributed by atoms with van der Waals surface area (Å²) in [7, 11) is 0. The second kappa shape index (κ2) is 8.71. The molecule has 0 bridgehead atoms. The highest BCUT2D eigenvalue weighted by molar-refractivity contribution is 7.71. The van der Waals surface area contributed by atoms with Gasteiger partial charge in [-0.05, 0) is 47.6 Å². The molecule has 6 nitrogen and oxygen atoms in total. The van der Waals surface area contributed by atoms with Gasteiger partial charge in [-0.1, -0.05) is 56.6 Å². The number of ether oxygens (including phenoxy) is 1. The van der Waals surface area contributed by atoms with Gasteiger partial charge in [-0.2, -0.15) is 14.9 Å². The second-order valence-electron chi connectivity index (χ2n) is 7.48. The van der Waals surface area contributed by atoms with Crippen molar-refractivity contribution in [2.75, 3.05) is 0 Å². The fourth-order valence-corrected chi connectivity index (χ4v) is 2.84. The zero-order valence-corrected chi connectivity index (χ0v) is 17.9. The summed E-state index contributed by atoms with van der Waals surface area (Å²) >= 11 is 11.1. The molecule has 0 amide bonds. The molecule has 0 saturated carbocycles. The summed E-state index contributed by atoms with van der Waals surface area (Å²) in [5.41, 5.74) is 1.38. The quantitative estimate of drug-likeness (QED) is 0.471. The van der Waals surface area contributed by atoms with Crippen LogP contribution in [0.5, 0.6) is 5.75 Å². The number of hydrogen-bond acceptors (Lipinski definition) is 5. The van der Waals surface area contributed by atoms with Gasteiger partial charge in [0, 0.05) is 10.4 Å². The van der Waals surface area contributed by atoms with E-state index in [1.807, 2.05) is 69.3 Å². The maximum Gasteiger partial charge on any atom is 0.297 e. The molecule has 0 aliphatic heterocycles. The van der Waals surface area contributed by atoms with E-state index in [0.29, 0.717) is 23.1 Å². The van der Waals surface area contributed by atoms with E-state index in [4.69, 9.17) is 28.6 Å². The van der Waals surface area contributed by atoms with Crippen LogP contribution in [0.1, 0.15) is 37.6 Å². The number of rotatable bonds is 5. The van der Waals surface area contributed by atoms with Crippen molar-refractivity contribution in [3.05, 3.63) is 85.5 Å². The average molecular weight is 429 g/mol. The third kappa shape index (κ3) is 5.40. The first-order valence-electron chi connectivity index (χ1n) is 8.98. The minimum atomic E-state index is -0.427. The van der Waals surface area contributed by atoms with E-state index in [2.05, 4.69) is 15.3 Å². The lowest BCUT2D eigenvalue weighted by Crippen LogP contribution is -2.32. The van der Waals surface area contributed by atoms with Crippen LogP contribution in [0.3, 0.4) is 0 Å². The number of nitrogens with one attached hydrogen (secondary N) is 1. The standard InChI is InChI=1S/C21H21ClN4O2S/c1-21(2,3)18-19(27)26(20(29)25-24-18)23-12-15-5-4-6-17(11-15)28-13-14-7-9-16(22)10-8-14/h4-12H,13H2,1-3H3,(H,25,29)/b23-12-. The van der Waals surface area contributed by atoms with Crippen LogP contribution < -0.4 is 10.3 Å². The highest BCUT2D eigenvalue weighted by Crippen LogP contribution is 2.17. The molecule has 0 spiro atoms. The molecule has 3 aromatic rings. The fourth-order valence-electron chi connectivity index (χ4n) is 2.54. The topological polar surface area (TPSA) is 72.3 Å². The zero-order chi connectivity index (χ0) is 21.0. The molecule has 0 aliphatic rings. The smallest absolute Gasteiger partial charge is 0.297 e. The molecule has 0 saturated heterocycles. The van der Waals surface area contributed by atoms with E-state index >= 15 is 0 Å². The van der Waals surface area contributed by atoms with Gasteiger partial charge >= 0.3 is 0 Å². The summed E-state index contributed by atoms with van der Waals surface area (Å²) in [5, 5.41) is 11.7. The molecule has 1 heterocycles. The number of hydrogen-bond donors (Lipinski definition) is 1. The Hall–Kier alpha value is -2.77. The van der Waals surface area contributed by atoms with Crippen molar-refractivity contribution in [1.82, 2.24) is 14.9 Å². The number of aromatic amines is 1. The Labute approximate surface area is 178 Å². The maximum atomic E-state index is 12.7. The molecule has 0 fully saturated rings. The maximum absolute atomic E-state index is 12.7. The molecule has 8 heteroatoms. The van der Waals surface area contributed by atoms with Gasteiger partial charge in [-0.15, -0.1) is 0 Å². The van der Waals surface area contributed by atoms with Crippen LogP contribution in [0.15, 0.2) is 58.4 Å². The third-order valence-corrected chi connectivity index (χ3v) is 4.58. The average Bonchev–Trinajstić information content (AvgIpc) is 2.67. The monoisotopic (exact) mass is 428 g/mol. The van der Waals surface area contributed by atoms with Gasteiger partial charge in [0.1, 0.15) is 18.1 Å². The normalized spacial score (nSPS) is 11.7. The Bertz CT molecular complexity index is 1140. The summed E-state index contributed by atoms with van der Waals surface area (Å²) in [5.74, 6) is 0.687. The Morgan fingerprint density at radius 2 is 1.97 bits per heavy atom. The summed E-state index contributed by atoms with van der Waals surface area (Å²) < 4.78 is 7.10. The van der Waals surface area contributed by atoms with E-state index in [1.165, 1.54) is 0 Å². The van der Waals surface area contributed by atoms with Gasteiger partial charge in [-0.3, -0.25) is 9.89 Å². The summed E-state index contributed by atoms with van der Waals surface area (Å²) in [4.78, 5) is 12.7. The summed E-state index contributed by atoms with van der Waals surface area (Å²) in [6.45, 7) is 6.14. The predicted molar refractivity (Wildman–Crippen MR) is 118 cm³/mol. The number of H-pyrrole nitrogens is 1. The van der Waals surface area contributed by atoms with Crippen LogP contribution in [0.25, 0.3) is 0 Å². The number of aromatic nitrogens is 3. The van der Waals surface area contributed by atoms with E-state index in [9.17, 15) is 4.79 Å². The highest BCUT2D eigenvalue weighted by Gasteiger charge is 2.21. The molecule has 1 aromatic heterocycles. The molecular formula is C21H21ClN4O2S. The highest BCUT2D eigenvalue weighted by atomic mass is 35.5. The lowest BCUT2D eigenvalue weighted by atomic mass is 9.93. The van der Waals surface area contributed by atoms with Crippen molar-refractivity contribution >= 4 is 30.0 Å². The largest absolute Gasteiger partial charge is 0.489 e. The molecular weight excluding hydrogens is 408 g/mol. The number of benzene rings is 2. The van der Waals surface area contributed by atoms with E-state index < -0.39 is 5.41 Å². The summed E-state index contributed by atoms with van der Waals surface area (Å²) in [6.07, 6.45) is 1.56. The first-order chi connectivity index (χ1) is 13.7. The van der Waals surface area contributed by atoms with Crippen LogP contribution in [-0.2, 0) is 12.0 Å². The second-order valence-corrected chi connectivity index (χ2v) is 8.30. The van der Waals surface area contributed by atoms with Crippen LogP contribution in [0.2, 0.25) is 5.02 Å². The summed E-state index contributed by atoms with van der Waals surface area (Å²) in [6, 6.07) is 14.9. The van der Waals surface area contributed by atoms with E-state index in [-0.39, 0.29) is 10.3 Å². The predicted octanol–water partition coefficient (Wildman–Crippen LogP) is 4.71. The van der Waals surface area contributed by atoms with Crippen molar-refractivity contribution in [1.29, 1.82) is 0 Å². The molecule has 150 valence electrons. The zero-order valence-electron chi connectivity index (χ0n) is 16.3. The van der Waals surface area contributed by atoms with Gasteiger partial charge in [0.15, 0.2) is 0 Å². The molecule has 1 N–H and O–H groups in total. The van der Waals surface area contributed by atoms with E-state index in [1.54, 1.807) is 6.21 Å². The van der Waals surface area contributed by atoms with E-state index in [0.717, 1.165) is 15.8 Å². The molecule has 0 aliphatic carbocycles. The van der Waals surface area contributed by atoms with Gasteiger partial charge in [0.2, 0.25) is 4.77 Å². The van der Waals surface area contributed by atoms with Crippen molar-refractivity contribution in [3.63, 3.8) is 0 Å². The Kier molecular flexibility index (Phi) is 6.30. The fraction of sp³-hybridized carbons (Fsp3) is 0.238. The van der Waals surface area contributed by atoms with Gasteiger partial charge in [-0.25, -0.2) is 0 Å². The van der Waals surface area contributed by atoms with Crippen molar-refractivity contribution < 1.29 is 4.74 Å². The molecule has 29 heavy (non-hydrogen) atoms. The number of nitrogens with zero attached hydrogens (tertiary/aromatic N) is 3. The van der Waals surface area contributed by atoms with Crippen LogP contribution in [-0.4, -0.2) is 21.1 Å². The lowest BCUT2D eigenvalue weighted by molar-refractivity contribution is 0.306. The van der Waals surface area contributed by atoms with Crippen LogP contribution in [0.4, 0.5) is 0 Å². The Balaban J connectivity index is 1.80. The van der Waals surface area contributed by atoms with Crippen LogP contribution >= 0.6 is 23.8 Å². The van der Waals surface area contributed by atoms with Gasteiger partial charge < -0.3 is 4.74 Å². The van der Waals surface area contributed by atoms with Gasteiger partial charge in [0.25, 0.3) is 5.56 Å². The van der Waals surface area contributed by atoms with Crippen molar-refractivity contribution in [2.24, 2.45) is 5.10 Å². The molecule has 3 rings (SSSR count). The number of halogens is 1. The minimum Gasteiger partial charge on any atom is -0.489 e. The first kappa shape index (κ1) is 21.0. The Morgan fingerprint density at radius 3 is 2.66 bits per heavy atom. The molecule has 0 radical (unpaired) electrons. The SMILES string of the molecule is CC(C)(C)c1n[nH]c(=S)n(/N=C\c2cccc(OCc3ccc(Cl)cc3)c2)c1=O. The van der Waals surface area contributed by atoms with Crippen molar-refractivity contribution in [2.45, 2.75) is 32.8 Å². The molecule has 0 atom stereocenters. The third-order valence-electron chi connectivity index (χ3n) is 4.06. The Morgan fingerprint density at radius 1 is 1.24 bits per heavy atom. The minimum absolute atomic E-state index is 0.134. The molecule has 2 aromatic carbocycles. The molecule has 0 unspecified atom stereocenters. The first-order valence-corrected chi connectivity index (χ1v) is 9.76. The van der Waals surface area contributed by atoms with Crippen LogP contribution in [0, 0.1) is 4.77 Å². The van der Waals surface area contributed by atoms with Gasteiger partial charge in [0.05, 0.1) is 6.21 Å². The lowest BCUT2D eigenvalue weighted by Gasteiger charge is -2.16.